The van der Waals surface area contributed by atoms with Crippen LogP contribution in [0, 0.1) is 6.92 Å². The molecule has 3 aromatic carbocycles. The SMILES string of the molecule is Cc1ccc2c(c1NC(=S)NC(=O)c1ccccc1)C(=O)c1ccccc1C2=O. The van der Waals surface area contributed by atoms with E-state index in [0.717, 1.165) is 5.56 Å². The van der Waals surface area contributed by atoms with Gasteiger partial charge in [0.2, 0.25) is 0 Å². The van der Waals surface area contributed by atoms with Crippen LogP contribution in [-0.2, 0) is 0 Å². The van der Waals surface area contributed by atoms with Crippen molar-refractivity contribution >= 4 is 40.5 Å². The fraction of sp³-hybridized carbons (Fsp3) is 0.0435. The first kappa shape index (κ1) is 18.7. The molecule has 1 amide bonds. The molecule has 2 N–H and O–H groups in total. The first-order valence-electron chi connectivity index (χ1n) is 8.97. The molecular formula is C23H16N2O3S. The van der Waals surface area contributed by atoms with E-state index < -0.39 is 0 Å². The van der Waals surface area contributed by atoms with E-state index in [2.05, 4.69) is 10.6 Å². The van der Waals surface area contributed by atoms with Crippen molar-refractivity contribution in [2.45, 2.75) is 6.92 Å². The summed E-state index contributed by atoms with van der Waals surface area (Å²) in [5.74, 6) is -0.825. The Morgan fingerprint density at radius 2 is 1.41 bits per heavy atom. The minimum absolute atomic E-state index is 0.0504. The van der Waals surface area contributed by atoms with Gasteiger partial charge in [0.1, 0.15) is 0 Å². The molecule has 5 nitrogen and oxygen atoms in total. The maximum atomic E-state index is 13.1. The number of aryl methyl sites for hydroxylation is 1. The predicted molar refractivity (Wildman–Crippen MR) is 115 cm³/mol. The summed E-state index contributed by atoms with van der Waals surface area (Å²) in [6.07, 6.45) is 0. The zero-order valence-electron chi connectivity index (χ0n) is 15.5. The Morgan fingerprint density at radius 1 is 0.793 bits per heavy atom. The van der Waals surface area contributed by atoms with Gasteiger partial charge in [-0.3, -0.25) is 19.7 Å². The van der Waals surface area contributed by atoms with Crippen molar-refractivity contribution in [3.8, 4) is 0 Å². The number of hydrogen-bond acceptors (Lipinski definition) is 4. The van der Waals surface area contributed by atoms with Crippen LogP contribution in [0.3, 0.4) is 0 Å². The van der Waals surface area contributed by atoms with E-state index in [1.54, 1.807) is 60.7 Å². The summed E-state index contributed by atoms with van der Waals surface area (Å²) in [6.45, 7) is 1.81. The van der Waals surface area contributed by atoms with E-state index >= 15 is 0 Å². The molecule has 3 aromatic rings. The topological polar surface area (TPSA) is 75.3 Å². The standard InChI is InChI=1S/C23H16N2O3S/c1-13-11-12-17-18(21(27)16-10-6-5-9-15(16)20(17)26)19(13)24-23(29)25-22(28)14-7-3-2-4-8-14/h2-12H,1H3,(H2,24,25,28,29). The third-order valence-electron chi connectivity index (χ3n) is 4.80. The summed E-state index contributed by atoms with van der Waals surface area (Å²) >= 11 is 5.28. The third-order valence-corrected chi connectivity index (χ3v) is 5.01. The quantitative estimate of drug-likeness (QED) is 0.499. The fourth-order valence-corrected chi connectivity index (χ4v) is 3.56. The Morgan fingerprint density at radius 3 is 2.10 bits per heavy atom. The molecule has 29 heavy (non-hydrogen) atoms. The van der Waals surface area contributed by atoms with E-state index in [9.17, 15) is 14.4 Å². The molecule has 0 atom stereocenters. The molecule has 0 bridgehead atoms. The first-order chi connectivity index (χ1) is 14.0. The van der Waals surface area contributed by atoms with E-state index in [4.69, 9.17) is 12.2 Å². The first-order valence-corrected chi connectivity index (χ1v) is 9.37. The number of thiocarbonyl (C=S) groups is 1. The van der Waals surface area contributed by atoms with Crippen LogP contribution in [0.2, 0.25) is 0 Å². The Balaban J connectivity index is 1.67. The van der Waals surface area contributed by atoms with Crippen molar-refractivity contribution in [1.29, 1.82) is 0 Å². The number of ketones is 2. The van der Waals surface area contributed by atoms with Crippen molar-refractivity contribution < 1.29 is 14.4 Å². The normalized spacial score (nSPS) is 12.0. The molecule has 0 aliphatic heterocycles. The highest BCUT2D eigenvalue weighted by molar-refractivity contribution is 7.80. The highest BCUT2D eigenvalue weighted by atomic mass is 32.1. The van der Waals surface area contributed by atoms with Crippen molar-refractivity contribution in [3.05, 3.63) is 100 Å². The number of fused-ring (bicyclic) bond motifs is 2. The lowest BCUT2D eigenvalue weighted by molar-refractivity contribution is 0.0976. The van der Waals surface area contributed by atoms with E-state index in [1.165, 1.54) is 0 Å². The number of carbonyl (C=O) groups excluding carboxylic acids is 3. The lowest BCUT2D eigenvalue weighted by Gasteiger charge is -2.22. The average Bonchev–Trinajstić information content (AvgIpc) is 2.74. The number of amides is 1. The van der Waals surface area contributed by atoms with Gasteiger partial charge in [0.25, 0.3) is 5.91 Å². The molecule has 0 saturated heterocycles. The van der Waals surface area contributed by atoms with Gasteiger partial charge < -0.3 is 5.32 Å². The highest BCUT2D eigenvalue weighted by Gasteiger charge is 2.32. The molecule has 1 aliphatic rings. The molecule has 142 valence electrons. The largest absolute Gasteiger partial charge is 0.332 e. The van der Waals surface area contributed by atoms with E-state index in [-0.39, 0.29) is 28.1 Å². The highest BCUT2D eigenvalue weighted by Crippen LogP contribution is 2.34. The van der Waals surface area contributed by atoms with E-state index in [0.29, 0.717) is 27.9 Å². The number of anilines is 1. The Kier molecular flexibility index (Phi) is 4.78. The molecule has 0 heterocycles. The van der Waals surface area contributed by atoms with Gasteiger partial charge in [0.05, 0.1) is 11.3 Å². The summed E-state index contributed by atoms with van der Waals surface area (Å²) < 4.78 is 0. The molecule has 1 aliphatic carbocycles. The zero-order chi connectivity index (χ0) is 20.5. The summed E-state index contributed by atoms with van der Waals surface area (Å²) in [5.41, 5.74) is 2.96. The van der Waals surface area contributed by atoms with Gasteiger partial charge >= 0.3 is 0 Å². The Bertz CT molecular complexity index is 1190. The van der Waals surface area contributed by atoms with Gasteiger partial charge in [0, 0.05) is 22.3 Å². The van der Waals surface area contributed by atoms with Crippen molar-refractivity contribution in [2.75, 3.05) is 5.32 Å². The molecule has 0 radical (unpaired) electrons. The van der Waals surface area contributed by atoms with Gasteiger partial charge in [-0.05, 0) is 42.9 Å². The van der Waals surface area contributed by atoms with Crippen molar-refractivity contribution in [1.82, 2.24) is 5.32 Å². The van der Waals surface area contributed by atoms with Crippen LogP contribution in [-0.4, -0.2) is 22.6 Å². The molecule has 0 aromatic heterocycles. The maximum absolute atomic E-state index is 13.1. The number of nitrogens with one attached hydrogen (secondary N) is 2. The minimum atomic E-state index is -0.363. The van der Waals surface area contributed by atoms with Crippen LogP contribution in [0.25, 0.3) is 0 Å². The van der Waals surface area contributed by atoms with Crippen molar-refractivity contribution in [3.63, 3.8) is 0 Å². The number of benzene rings is 3. The second-order valence-electron chi connectivity index (χ2n) is 6.66. The summed E-state index contributed by atoms with van der Waals surface area (Å²) in [7, 11) is 0. The predicted octanol–water partition coefficient (Wildman–Crippen LogP) is 3.90. The lowest BCUT2D eigenvalue weighted by Crippen LogP contribution is -2.35. The molecule has 4 rings (SSSR count). The average molecular weight is 400 g/mol. The van der Waals surface area contributed by atoms with Crippen LogP contribution in [0.15, 0.2) is 66.7 Å². The Labute approximate surface area is 172 Å². The van der Waals surface area contributed by atoms with Crippen molar-refractivity contribution in [2.24, 2.45) is 0 Å². The van der Waals surface area contributed by atoms with Crippen LogP contribution in [0.5, 0.6) is 0 Å². The molecular weight excluding hydrogens is 384 g/mol. The molecule has 0 spiro atoms. The van der Waals surface area contributed by atoms with Gasteiger partial charge in [-0.1, -0.05) is 48.5 Å². The van der Waals surface area contributed by atoms with Crippen LogP contribution < -0.4 is 10.6 Å². The monoisotopic (exact) mass is 400 g/mol. The molecule has 0 unspecified atom stereocenters. The summed E-state index contributed by atoms with van der Waals surface area (Å²) in [5, 5.41) is 5.61. The number of rotatable bonds is 2. The summed E-state index contributed by atoms with van der Waals surface area (Å²) in [6, 6.07) is 18.8. The fourth-order valence-electron chi connectivity index (χ4n) is 3.36. The second kappa shape index (κ2) is 7.41. The van der Waals surface area contributed by atoms with Gasteiger partial charge in [-0.2, -0.15) is 0 Å². The van der Waals surface area contributed by atoms with Gasteiger partial charge in [-0.15, -0.1) is 0 Å². The molecule has 0 fully saturated rings. The van der Waals surface area contributed by atoms with E-state index in [1.807, 2.05) is 13.0 Å². The lowest BCUT2D eigenvalue weighted by atomic mass is 9.82. The summed E-state index contributed by atoms with van der Waals surface area (Å²) in [4.78, 5) is 38.4. The van der Waals surface area contributed by atoms with Crippen LogP contribution in [0.4, 0.5) is 5.69 Å². The molecule has 6 heteroatoms. The third kappa shape index (κ3) is 3.34. The van der Waals surface area contributed by atoms with Crippen LogP contribution in [0.1, 0.15) is 47.8 Å². The maximum Gasteiger partial charge on any atom is 0.257 e. The molecule has 0 saturated carbocycles. The zero-order valence-corrected chi connectivity index (χ0v) is 16.3. The second-order valence-corrected chi connectivity index (χ2v) is 7.07. The Hall–Kier alpha value is -3.64. The van der Waals surface area contributed by atoms with Gasteiger partial charge in [0.15, 0.2) is 16.7 Å². The minimum Gasteiger partial charge on any atom is -0.332 e. The number of hydrogen-bond donors (Lipinski definition) is 2. The van der Waals surface area contributed by atoms with Crippen LogP contribution >= 0.6 is 12.2 Å². The van der Waals surface area contributed by atoms with Gasteiger partial charge in [-0.25, -0.2) is 0 Å². The number of carbonyl (C=O) groups is 3. The smallest absolute Gasteiger partial charge is 0.257 e.